The lowest BCUT2D eigenvalue weighted by Crippen LogP contribution is -2.66. The molecule has 1 aliphatic rings. The minimum Gasteiger partial charge on any atom is -0.386 e. The van der Waals surface area contributed by atoms with Crippen molar-refractivity contribution in [1.29, 1.82) is 0 Å². The topological polar surface area (TPSA) is 52.6 Å². The van der Waals surface area contributed by atoms with Gasteiger partial charge >= 0.3 is 6.03 Å². The fourth-order valence-electron chi connectivity index (χ4n) is 1.89. The van der Waals surface area contributed by atoms with Crippen LogP contribution >= 0.6 is 11.6 Å². The largest absolute Gasteiger partial charge is 0.386 e. The number of nitrogens with one attached hydrogen (secondary N) is 1. The van der Waals surface area contributed by atoms with Crippen molar-refractivity contribution in [3.05, 3.63) is 29.3 Å². The molecule has 1 heterocycles. The lowest BCUT2D eigenvalue weighted by atomic mass is 9.83. The number of amides is 2. The first kappa shape index (κ1) is 13.2. The number of hydrogen-bond donors (Lipinski definition) is 2. The van der Waals surface area contributed by atoms with Gasteiger partial charge in [-0.15, -0.1) is 0 Å². The van der Waals surface area contributed by atoms with E-state index in [-0.39, 0.29) is 11.9 Å². The van der Waals surface area contributed by atoms with Crippen molar-refractivity contribution in [3.63, 3.8) is 0 Å². The second-order valence-corrected chi connectivity index (χ2v) is 5.49. The van der Waals surface area contributed by atoms with Crippen LogP contribution in [0.5, 0.6) is 0 Å². The summed E-state index contributed by atoms with van der Waals surface area (Å²) in [6.45, 7) is 4.65. The van der Waals surface area contributed by atoms with Gasteiger partial charge in [-0.3, -0.25) is 0 Å². The number of halogens is 1. The Hall–Kier alpha value is -1.26. The van der Waals surface area contributed by atoms with Gasteiger partial charge in [0.2, 0.25) is 0 Å². The highest BCUT2D eigenvalue weighted by Gasteiger charge is 2.45. The Morgan fingerprint density at radius 1 is 1.50 bits per heavy atom. The van der Waals surface area contributed by atoms with E-state index in [1.54, 1.807) is 29.2 Å². The Morgan fingerprint density at radius 3 is 2.72 bits per heavy atom. The number of β-amino-alcohol motifs (C(OH)–C–C–N with tert-alkyl or cyclic N) is 1. The van der Waals surface area contributed by atoms with Crippen LogP contribution in [0.4, 0.5) is 10.5 Å². The monoisotopic (exact) mass is 268 g/mol. The van der Waals surface area contributed by atoms with Crippen molar-refractivity contribution in [2.75, 3.05) is 18.4 Å². The first-order chi connectivity index (χ1) is 8.40. The van der Waals surface area contributed by atoms with Gasteiger partial charge in [-0.2, -0.15) is 0 Å². The van der Waals surface area contributed by atoms with Crippen molar-refractivity contribution in [2.45, 2.75) is 19.4 Å². The van der Waals surface area contributed by atoms with Gasteiger partial charge in [-0.1, -0.05) is 31.5 Å². The molecule has 0 saturated carbocycles. The Labute approximate surface area is 112 Å². The van der Waals surface area contributed by atoms with E-state index in [9.17, 15) is 9.90 Å². The van der Waals surface area contributed by atoms with Gasteiger partial charge in [0.15, 0.2) is 0 Å². The van der Waals surface area contributed by atoms with Gasteiger partial charge in [-0.05, 0) is 24.1 Å². The standard InChI is InChI=1S/C13H17ClN2O2/c1-9(2)13(18)7-16(8-13)12(17)15-11-5-3-4-10(14)6-11/h3-6,9,18H,7-8H2,1-2H3,(H,15,17). The molecule has 0 radical (unpaired) electrons. The smallest absolute Gasteiger partial charge is 0.322 e. The second-order valence-electron chi connectivity index (χ2n) is 5.05. The number of hydrogen-bond acceptors (Lipinski definition) is 2. The molecule has 1 aromatic rings. The highest BCUT2D eigenvalue weighted by molar-refractivity contribution is 6.30. The van der Waals surface area contributed by atoms with E-state index < -0.39 is 5.60 Å². The van der Waals surface area contributed by atoms with Crippen molar-refractivity contribution in [3.8, 4) is 0 Å². The molecular formula is C13H17ClN2O2. The summed E-state index contributed by atoms with van der Waals surface area (Å²) in [5.74, 6) is 0.146. The number of anilines is 1. The highest BCUT2D eigenvalue weighted by atomic mass is 35.5. The van der Waals surface area contributed by atoms with Crippen LogP contribution in [-0.2, 0) is 0 Å². The van der Waals surface area contributed by atoms with Gasteiger partial charge in [0.25, 0.3) is 0 Å². The third-order valence-electron chi connectivity index (χ3n) is 3.37. The molecule has 0 aliphatic carbocycles. The van der Waals surface area contributed by atoms with Crippen LogP contribution < -0.4 is 5.32 Å². The summed E-state index contributed by atoms with van der Waals surface area (Å²) in [7, 11) is 0. The van der Waals surface area contributed by atoms with Crippen LogP contribution in [0.2, 0.25) is 5.02 Å². The van der Waals surface area contributed by atoms with Gasteiger partial charge < -0.3 is 15.3 Å². The average Bonchev–Trinajstić information content (AvgIpc) is 2.24. The molecule has 98 valence electrons. The number of carbonyl (C=O) groups is 1. The van der Waals surface area contributed by atoms with E-state index >= 15 is 0 Å². The Morgan fingerprint density at radius 2 is 2.17 bits per heavy atom. The molecule has 1 aliphatic heterocycles. The fraction of sp³-hybridized carbons (Fsp3) is 0.462. The molecule has 2 rings (SSSR count). The molecule has 2 amide bonds. The lowest BCUT2D eigenvalue weighted by Gasteiger charge is -2.48. The number of nitrogens with zero attached hydrogens (tertiary/aromatic N) is 1. The zero-order valence-corrected chi connectivity index (χ0v) is 11.2. The maximum atomic E-state index is 11.9. The molecule has 0 atom stereocenters. The van der Waals surface area contributed by atoms with Gasteiger partial charge in [-0.25, -0.2) is 4.79 Å². The summed E-state index contributed by atoms with van der Waals surface area (Å²) in [4.78, 5) is 13.5. The molecule has 2 N–H and O–H groups in total. The molecule has 1 saturated heterocycles. The van der Waals surface area contributed by atoms with Gasteiger partial charge in [0, 0.05) is 10.7 Å². The van der Waals surface area contributed by atoms with Crippen LogP contribution in [0.25, 0.3) is 0 Å². The molecule has 1 aromatic carbocycles. The minimum absolute atomic E-state index is 0.146. The van der Waals surface area contributed by atoms with Crippen LogP contribution in [-0.4, -0.2) is 34.7 Å². The molecule has 0 unspecified atom stereocenters. The van der Waals surface area contributed by atoms with E-state index in [4.69, 9.17) is 11.6 Å². The summed E-state index contributed by atoms with van der Waals surface area (Å²) in [5, 5.41) is 13.4. The third kappa shape index (κ3) is 2.60. The number of rotatable bonds is 2. The number of likely N-dealkylation sites (tertiary alicyclic amines) is 1. The number of carbonyl (C=O) groups excluding carboxylic acids is 1. The van der Waals surface area contributed by atoms with Crippen LogP contribution in [0.15, 0.2) is 24.3 Å². The number of aliphatic hydroxyl groups is 1. The van der Waals surface area contributed by atoms with E-state index in [0.29, 0.717) is 23.8 Å². The van der Waals surface area contributed by atoms with Crippen molar-refractivity contribution in [1.82, 2.24) is 4.90 Å². The molecule has 1 fully saturated rings. The zero-order chi connectivity index (χ0) is 13.3. The zero-order valence-electron chi connectivity index (χ0n) is 10.5. The van der Waals surface area contributed by atoms with Crippen molar-refractivity contribution in [2.24, 2.45) is 5.92 Å². The molecule has 0 spiro atoms. The maximum Gasteiger partial charge on any atom is 0.322 e. The summed E-state index contributed by atoms with van der Waals surface area (Å²) in [6, 6.07) is 6.78. The Bertz CT molecular complexity index is 456. The quantitative estimate of drug-likeness (QED) is 0.866. The van der Waals surface area contributed by atoms with Crippen LogP contribution in [0.1, 0.15) is 13.8 Å². The first-order valence-corrected chi connectivity index (χ1v) is 6.32. The second kappa shape index (κ2) is 4.78. The van der Waals surface area contributed by atoms with E-state index in [2.05, 4.69) is 5.32 Å². The third-order valence-corrected chi connectivity index (χ3v) is 3.60. The summed E-state index contributed by atoms with van der Waals surface area (Å²) in [6.07, 6.45) is 0. The predicted octanol–water partition coefficient (Wildman–Crippen LogP) is 2.57. The van der Waals surface area contributed by atoms with E-state index in [0.717, 1.165) is 0 Å². The normalized spacial score (nSPS) is 17.5. The van der Waals surface area contributed by atoms with E-state index in [1.807, 2.05) is 13.8 Å². The van der Waals surface area contributed by atoms with Crippen LogP contribution in [0, 0.1) is 5.92 Å². The molecule has 0 aromatic heterocycles. The van der Waals surface area contributed by atoms with Gasteiger partial charge in [0.1, 0.15) is 5.60 Å². The SMILES string of the molecule is CC(C)C1(O)CN(C(=O)Nc2cccc(Cl)c2)C1. The van der Waals surface area contributed by atoms with Crippen LogP contribution in [0.3, 0.4) is 0 Å². The van der Waals surface area contributed by atoms with E-state index in [1.165, 1.54) is 0 Å². The molecular weight excluding hydrogens is 252 g/mol. The number of benzene rings is 1. The Kier molecular flexibility index (Phi) is 3.50. The average molecular weight is 269 g/mol. The highest BCUT2D eigenvalue weighted by Crippen LogP contribution is 2.29. The molecule has 5 heteroatoms. The molecule has 0 bridgehead atoms. The predicted molar refractivity (Wildman–Crippen MR) is 71.8 cm³/mol. The Balaban J connectivity index is 1.92. The maximum absolute atomic E-state index is 11.9. The molecule has 18 heavy (non-hydrogen) atoms. The van der Waals surface area contributed by atoms with Crippen molar-refractivity contribution < 1.29 is 9.90 Å². The minimum atomic E-state index is -0.744. The number of urea groups is 1. The summed E-state index contributed by atoms with van der Waals surface area (Å²) in [5.41, 5.74) is -0.0847. The first-order valence-electron chi connectivity index (χ1n) is 5.94. The summed E-state index contributed by atoms with van der Waals surface area (Å²) >= 11 is 5.84. The molecule has 4 nitrogen and oxygen atoms in total. The fourth-order valence-corrected chi connectivity index (χ4v) is 2.08. The van der Waals surface area contributed by atoms with Gasteiger partial charge in [0.05, 0.1) is 13.1 Å². The lowest BCUT2D eigenvalue weighted by molar-refractivity contribution is -0.105. The summed E-state index contributed by atoms with van der Waals surface area (Å²) < 4.78 is 0. The van der Waals surface area contributed by atoms with Crippen molar-refractivity contribution >= 4 is 23.3 Å².